The summed E-state index contributed by atoms with van der Waals surface area (Å²) in [6.45, 7) is 0.733. The molecule has 1 atom stereocenters. The number of aromatic amines is 2. The van der Waals surface area contributed by atoms with Gasteiger partial charge in [-0.25, -0.2) is 9.59 Å². The topological polar surface area (TPSA) is 121 Å². The SMILES string of the molecule is COC(=O)c1cc(NC(=O)Nc2cc(C3CCCO3)[nH]n2)cc2[nH]ccc12. The molecule has 1 aliphatic rings. The Kier molecular flexibility index (Phi) is 4.51. The zero-order valence-corrected chi connectivity index (χ0v) is 14.7. The minimum Gasteiger partial charge on any atom is -0.465 e. The molecule has 1 saturated heterocycles. The van der Waals surface area contributed by atoms with Crippen molar-refractivity contribution in [2.24, 2.45) is 0 Å². The van der Waals surface area contributed by atoms with Crippen molar-refractivity contribution in [1.82, 2.24) is 15.2 Å². The number of anilines is 2. The number of hydrogen-bond donors (Lipinski definition) is 4. The summed E-state index contributed by atoms with van der Waals surface area (Å²) in [4.78, 5) is 27.3. The first-order chi connectivity index (χ1) is 13.1. The Hall–Kier alpha value is -3.33. The maximum absolute atomic E-state index is 12.3. The average Bonchev–Trinajstić information content (AvgIpc) is 3.40. The Morgan fingerprint density at radius 2 is 2.19 bits per heavy atom. The van der Waals surface area contributed by atoms with Crippen molar-refractivity contribution >= 4 is 34.4 Å². The standard InChI is InChI=1S/C18H19N5O4/c1-26-17(24)12-7-10(8-13-11(12)4-5-19-13)20-18(25)21-16-9-14(22-23-16)15-3-2-6-27-15/h4-5,7-9,15,19H,2-3,6H2,1H3,(H3,20,21,22,23,25). The van der Waals surface area contributed by atoms with Gasteiger partial charge in [-0.1, -0.05) is 0 Å². The maximum atomic E-state index is 12.3. The van der Waals surface area contributed by atoms with Crippen molar-refractivity contribution in [1.29, 1.82) is 0 Å². The first-order valence-corrected chi connectivity index (χ1v) is 8.58. The first-order valence-electron chi connectivity index (χ1n) is 8.58. The highest BCUT2D eigenvalue weighted by Gasteiger charge is 2.20. The van der Waals surface area contributed by atoms with E-state index in [0.29, 0.717) is 22.6 Å². The molecule has 0 spiro atoms. The molecule has 3 aromatic rings. The third-order valence-electron chi connectivity index (χ3n) is 4.45. The number of methoxy groups -OCH3 is 1. The van der Waals surface area contributed by atoms with E-state index < -0.39 is 12.0 Å². The van der Waals surface area contributed by atoms with E-state index in [4.69, 9.17) is 9.47 Å². The Morgan fingerprint density at radius 3 is 2.96 bits per heavy atom. The third kappa shape index (κ3) is 3.49. The van der Waals surface area contributed by atoms with Crippen LogP contribution in [0.25, 0.3) is 10.9 Å². The number of carbonyl (C=O) groups is 2. The van der Waals surface area contributed by atoms with Crippen LogP contribution >= 0.6 is 0 Å². The minimum atomic E-state index is -0.475. The van der Waals surface area contributed by atoms with E-state index in [0.717, 1.165) is 30.5 Å². The number of aromatic nitrogens is 3. The van der Waals surface area contributed by atoms with E-state index in [1.54, 1.807) is 30.5 Å². The first kappa shape index (κ1) is 17.1. The summed E-state index contributed by atoms with van der Waals surface area (Å²) in [6.07, 6.45) is 3.66. The summed E-state index contributed by atoms with van der Waals surface area (Å²) in [5.41, 5.74) is 2.38. The molecule has 2 amide bonds. The predicted octanol–water partition coefficient (Wildman–Crippen LogP) is 3.17. The van der Waals surface area contributed by atoms with Crippen LogP contribution in [-0.4, -0.2) is 40.9 Å². The lowest BCUT2D eigenvalue weighted by Crippen LogP contribution is -2.20. The number of nitrogens with zero attached hydrogens (tertiary/aromatic N) is 1. The molecule has 4 N–H and O–H groups in total. The molecule has 9 nitrogen and oxygen atoms in total. The summed E-state index contributed by atoms with van der Waals surface area (Å²) in [7, 11) is 1.32. The molecule has 0 bridgehead atoms. The van der Waals surface area contributed by atoms with Crippen LogP contribution in [0, 0.1) is 0 Å². The number of hydrogen-bond acceptors (Lipinski definition) is 5. The largest absolute Gasteiger partial charge is 0.465 e. The van der Waals surface area contributed by atoms with E-state index in [9.17, 15) is 9.59 Å². The van der Waals surface area contributed by atoms with E-state index in [-0.39, 0.29) is 6.10 Å². The van der Waals surface area contributed by atoms with Crippen LogP contribution in [0.3, 0.4) is 0 Å². The van der Waals surface area contributed by atoms with Gasteiger partial charge in [0.2, 0.25) is 0 Å². The molecule has 1 aliphatic heterocycles. The summed E-state index contributed by atoms with van der Waals surface area (Å²) >= 11 is 0. The second kappa shape index (κ2) is 7.12. The molecule has 27 heavy (non-hydrogen) atoms. The molecule has 0 saturated carbocycles. The van der Waals surface area contributed by atoms with Crippen LogP contribution in [0.5, 0.6) is 0 Å². The fourth-order valence-electron chi connectivity index (χ4n) is 3.19. The average molecular weight is 369 g/mol. The molecule has 1 fully saturated rings. The van der Waals surface area contributed by atoms with Gasteiger partial charge in [0.25, 0.3) is 0 Å². The molecule has 2 aromatic heterocycles. The van der Waals surface area contributed by atoms with Gasteiger partial charge in [-0.15, -0.1) is 0 Å². The third-order valence-corrected chi connectivity index (χ3v) is 4.45. The van der Waals surface area contributed by atoms with Crippen LogP contribution in [0.1, 0.15) is 35.0 Å². The maximum Gasteiger partial charge on any atom is 0.338 e. The van der Waals surface area contributed by atoms with Gasteiger partial charge in [0.15, 0.2) is 5.82 Å². The summed E-state index contributed by atoms with van der Waals surface area (Å²) in [5, 5.41) is 13.1. The minimum absolute atomic E-state index is 0.00555. The van der Waals surface area contributed by atoms with E-state index in [1.807, 2.05) is 0 Å². The van der Waals surface area contributed by atoms with Gasteiger partial charge in [0.1, 0.15) is 0 Å². The smallest absolute Gasteiger partial charge is 0.338 e. The van der Waals surface area contributed by atoms with Crippen LogP contribution in [0.2, 0.25) is 0 Å². The van der Waals surface area contributed by atoms with Crippen molar-refractivity contribution in [3.05, 3.63) is 41.7 Å². The highest BCUT2D eigenvalue weighted by molar-refractivity contribution is 6.07. The number of urea groups is 1. The van der Waals surface area contributed by atoms with Crippen LogP contribution in [-0.2, 0) is 9.47 Å². The number of amides is 2. The Labute approximate surface area is 154 Å². The molecule has 1 aromatic carbocycles. The van der Waals surface area contributed by atoms with Gasteiger partial charge < -0.3 is 19.8 Å². The number of ether oxygens (including phenoxy) is 2. The number of carbonyl (C=O) groups excluding carboxylic acids is 2. The lowest BCUT2D eigenvalue weighted by Gasteiger charge is -2.08. The second-order valence-corrected chi connectivity index (χ2v) is 6.24. The van der Waals surface area contributed by atoms with Gasteiger partial charge in [0, 0.05) is 35.5 Å². The van der Waals surface area contributed by atoms with Crippen LogP contribution in [0.4, 0.5) is 16.3 Å². The number of esters is 1. The number of rotatable bonds is 4. The molecule has 140 valence electrons. The fraction of sp³-hybridized carbons (Fsp3) is 0.278. The van der Waals surface area contributed by atoms with Crippen molar-refractivity contribution in [2.45, 2.75) is 18.9 Å². The summed E-state index contributed by atoms with van der Waals surface area (Å²) in [6, 6.07) is 6.38. The molecule has 4 rings (SSSR count). The highest BCUT2D eigenvalue weighted by Crippen LogP contribution is 2.28. The zero-order chi connectivity index (χ0) is 18.8. The number of H-pyrrole nitrogens is 2. The van der Waals surface area contributed by atoms with Crippen molar-refractivity contribution in [2.75, 3.05) is 24.4 Å². The van der Waals surface area contributed by atoms with Gasteiger partial charge in [-0.05, 0) is 31.0 Å². The van der Waals surface area contributed by atoms with Crippen molar-refractivity contribution in [3.8, 4) is 0 Å². The van der Waals surface area contributed by atoms with Gasteiger partial charge >= 0.3 is 12.0 Å². The Bertz CT molecular complexity index is 987. The molecule has 0 aliphatic carbocycles. The second-order valence-electron chi connectivity index (χ2n) is 6.24. The zero-order valence-electron chi connectivity index (χ0n) is 14.7. The van der Waals surface area contributed by atoms with Gasteiger partial charge in [-0.3, -0.25) is 10.4 Å². The number of benzene rings is 1. The lowest BCUT2D eigenvalue weighted by molar-refractivity contribution is 0.0603. The Morgan fingerprint density at radius 1 is 1.30 bits per heavy atom. The predicted molar refractivity (Wildman–Crippen MR) is 98.8 cm³/mol. The van der Waals surface area contributed by atoms with E-state index >= 15 is 0 Å². The van der Waals surface area contributed by atoms with Crippen LogP contribution in [0.15, 0.2) is 30.5 Å². The van der Waals surface area contributed by atoms with Gasteiger partial charge in [-0.2, -0.15) is 5.10 Å². The van der Waals surface area contributed by atoms with Crippen molar-refractivity contribution < 1.29 is 19.1 Å². The number of nitrogens with one attached hydrogen (secondary N) is 4. The monoisotopic (exact) mass is 369 g/mol. The number of fused-ring (bicyclic) bond motifs is 1. The van der Waals surface area contributed by atoms with Gasteiger partial charge in [0.05, 0.1) is 24.5 Å². The molecule has 9 heteroatoms. The van der Waals surface area contributed by atoms with E-state index in [2.05, 4.69) is 25.8 Å². The Balaban J connectivity index is 1.48. The van der Waals surface area contributed by atoms with Crippen LogP contribution < -0.4 is 10.6 Å². The van der Waals surface area contributed by atoms with E-state index in [1.165, 1.54) is 7.11 Å². The highest BCUT2D eigenvalue weighted by atomic mass is 16.5. The molecule has 1 unspecified atom stereocenters. The molecule has 0 radical (unpaired) electrons. The quantitative estimate of drug-likeness (QED) is 0.526. The molecular formula is C18H19N5O4. The molecular weight excluding hydrogens is 350 g/mol. The van der Waals surface area contributed by atoms with Crippen molar-refractivity contribution in [3.63, 3.8) is 0 Å². The summed E-state index contributed by atoms with van der Waals surface area (Å²) in [5.74, 6) is -0.0793. The summed E-state index contributed by atoms with van der Waals surface area (Å²) < 4.78 is 10.4. The normalized spacial score (nSPS) is 16.4. The molecule has 3 heterocycles. The fourth-order valence-corrected chi connectivity index (χ4v) is 3.19. The lowest BCUT2D eigenvalue weighted by atomic mass is 10.1.